The number of halogens is 1. The van der Waals surface area contributed by atoms with Gasteiger partial charge < -0.3 is 10.2 Å². The third kappa shape index (κ3) is 5.83. The minimum atomic E-state index is -0.375. The lowest BCUT2D eigenvalue weighted by Gasteiger charge is -2.31. The number of piperidine rings is 1. The lowest BCUT2D eigenvalue weighted by atomic mass is 10.0. The van der Waals surface area contributed by atoms with Crippen LogP contribution < -0.4 is 5.32 Å². The number of benzene rings is 3. The summed E-state index contributed by atoms with van der Waals surface area (Å²) in [6.07, 6.45) is 6.66. The van der Waals surface area contributed by atoms with Crippen molar-refractivity contribution in [1.29, 1.82) is 0 Å². The lowest BCUT2D eigenvalue weighted by Crippen LogP contribution is -2.46. The van der Waals surface area contributed by atoms with Crippen molar-refractivity contribution >= 4 is 17.9 Å². The van der Waals surface area contributed by atoms with Crippen LogP contribution in [0.5, 0.6) is 0 Å². The maximum absolute atomic E-state index is 13.1. The van der Waals surface area contributed by atoms with E-state index < -0.39 is 0 Å². The van der Waals surface area contributed by atoms with E-state index in [-0.39, 0.29) is 23.7 Å². The van der Waals surface area contributed by atoms with Crippen LogP contribution in [-0.2, 0) is 4.79 Å². The molecule has 5 rings (SSSR count). The number of nitrogens with one attached hydrogen (secondary N) is 1. The lowest BCUT2D eigenvalue weighted by molar-refractivity contribution is -0.126. The van der Waals surface area contributed by atoms with Gasteiger partial charge in [-0.25, -0.2) is 9.07 Å². The van der Waals surface area contributed by atoms with Gasteiger partial charge in [-0.2, -0.15) is 5.10 Å². The number of nitrogens with zero attached hydrogens (tertiary/aromatic N) is 3. The smallest absolute Gasteiger partial charge is 0.251 e. The standard InChI is InChI=1S/C30H27FN4O2/c31-25-14-11-23(12-15-25)30(37)32-26-17-19-34(20-18-26)28(36)16-13-24-21-35(27-9-5-2-6-10-27)33-29(24)22-7-3-1-4-8-22/h1-16,21,26H,17-20H2,(H,32,37)/b16-13+. The Morgan fingerprint density at radius 1 is 0.892 bits per heavy atom. The molecule has 0 radical (unpaired) electrons. The average Bonchev–Trinajstić information content (AvgIpc) is 3.38. The molecule has 37 heavy (non-hydrogen) atoms. The van der Waals surface area contributed by atoms with Gasteiger partial charge in [-0.05, 0) is 55.3 Å². The Morgan fingerprint density at radius 3 is 2.22 bits per heavy atom. The second-order valence-corrected chi connectivity index (χ2v) is 8.99. The number of hydrogen-bond acceptors (Lipinski definition) is 3. The van der Waals surface area contributed by atoms with Crippen molar-refractivity contribution in [3.8, 4) is 16.9 Å². The van der Waals surface area contributed by atoms with Crippen LogP contribution in [0.15, 0.2) is 97.2 Å². The Balaban J connectivity index is 1.24. The highest BCUT2D eigenvalue weighted by Gasteiger charge is 2.23. The Bertz CT molecular complexity index is 1390. The van der Waals surface area contributed by atoms with E-state index in [1.54, 1.807) is 11.0 Å². The molecule has 1 saturated heterocycles. The predicted molar refractivity (Wildman–Crippen MR) is 142 cm³/mol. The summed E-state index contributed by atoms with van der Waals surface area (Å²) in [4.78, 5) is 27.2. The molecule has 6 nitrogen and oxygen atoms in total. The van der Waals surface area contributed by atoms with Crippen molar-refractivity contribution in [2.24, 2.45) is 0 Å². The van der Waals surface area contributed by atoms with Crippen molar-refractivity contribution in [3.05, 3.63) is 114 Å². The van der Waals surface area contributed by atoms with Crippen LogP contribution >= 0.6 is 0 Å². The molecule has 0 aliphatic carbocycles. The van der Waals surface area contributed by atoms with Crippen molar-refractivity contribution in [2.45, 2.75) is 18.9 Å². The van der Waals surface area contributed by atoms with Gasteiger partial charge in [0.15, 0.2) is 0 Å². The molecule has 1 N–H and O–H groups in total. The first-order chi connectivity index (χ1) is 18.1. The number of likely N-dealkylation sites (tertiary alicyclic amines) is 1. The van der Waals surface area contributed by atoms with E-state index in [1.807, 2.05) is 77.6 Å². The van der Waals surface area contributed by atoms with E-state index in [1.165, 1.54) is 24.3 Å². The highest BCUT2D eigenvalue weighted by atomic mass is 19.1. The van der Waals surface area contributed by atoms with E-state index in [4.69, 9.17) is 5.10 Å². The van der Waals surface area contributed by atoms with Crippen LogP contribution in [0.25, 0.3) is 23.0 Å². The van der Waals surface area contributed by atoms with Crippen molar-refractivity contribution < 1.29 is 14.0 Å². The van der Waals surface area contributed by atoms with Crippen molar-refractivity contribution in [2.75, 3.05) is 13.1 Å². The van der Waals surface area contributed by atoms with E-state index in [0.717, 1.165) is 22.5 Å². The van der Waals surface area contributed by atoms with E-state index in [9.17, 15) is 14.0 Å². The largest absolute Gasteiger partial charge is 0.349 e. The van der Waals surface area contributed by atoms with Crippen LogP contribution in [-0.4, -0.2) is 45.6 Å². The average molecular weight is 495 g/mol. The fourth-order valence-corrected chi connectivity index (χ4v) is 4.42. The molecular formula is C30H27FN4O2. The number of para-hydroxylation sites is 1. The molecule has 1 aromatic heterocycles. The minimum Gasteiger partial charge on any atom is -0.349 e. The maximum atomic E-state index is 13.1. The fraction of sp³-hybridized carbons (Fsp3) is 0.167. The number of hydrogen-bond donors (Lipinski definition) is 1. The molecule has 1 aliphatic rings. The van der Waals surface area contributed by atoms with Gasteiger partial charge in [-0.1, -0.05) is 48.5 Å². The number of rotatable bonds is 6. The Morgan fingerprint density at radius 2 is 1.54 bits per heavy atom. The number of carbonyl (C=O) groups is 2. The van der Waals surface area contributed by atoms with Crippen LogP contribution in [0.3, 0.4) is 0 Å². The van der Waals surface area contributed by atoms with Gasteiger partial charge in [0.1, 0.15) is 5.82 Å². The molecular weight excluding hydrogens is 467 g/mol. The molecule has 0 spiro atoms. The van der Waals surface area contributed by atoms with Gasteiger partial charge >= 0.3 is 0 Å². The van der Waals surface area contributed by atoms with Gasteiger partial charge in [0.2, 0.25) is 5.91 Å². The highest BCUT2D eigenvalue weighted by molar-refractivity contribution is 5.94. The fourth-order valence-electron chi connectivity index (χ4n) is 4.42. The molecule has 3 aromatic carbocycles. The van der Waals surface area contributed by atoms with Crippen molar-refractivity contribution in [3.63, 3.8) is 0 Å². The molecule has 0 saturated carbocycles. The maximum Gasteiger partial charge on any atom is 0.251 e. The van der Waals surface area contributed by atoms with E-state index in [0.29, 0.717) is 31.5 Å². The third-order valence-electron chi connectivity index (χ3n) is 6.46. The Labute approximate surface area is 215 Å². The summed E-state index contributed by atoms with van der Waals surface area (Å²) in [6, 6.07) is 25.2. The summed E-state index contributed by atoms with van der Waals surface area (Å²) < 4.78 is 14.9. The van der Waals surface area contributed by atoms with E-state index >= 15 is 0 Å². The molecule has 0 unspecified atom stereocenters. The quantitative estimate of drug-likeness (QED) is 0.379. The monoisotopic (exact) mass is 494 g/mol. The van der Waals surface area contributed by atoms with Gasteiger partial charge in [0, 0.05) is 48.1 Å². The van der Waals surface area contributed by atoms with Gasteiger partial charge in [-0.3, -0.25) is 9.59 Å². The molecule has 0 bridgehead atoms. The zero-order valence-corrected chi connectivity index (χ0v) is 20.3. The van der Waals surface area contributed by atoms with Crippen LogP contribution in [0.1, 0.15) is 28.8 Å². The van der Waals surface area contributed by atoms with Crippen LogP contribution in [0.2, 0.25) is 0 Å². The zero-order valence-electron chi connectivity index (χ0n) is 20.3. The normalized spacial score (nSPS) is 14.1. The molecule has 186 valence electrons. The number of amides is 2. The summed E-state index contributed by atoms with van der Waals surface area (Å²) >= 11 is 0. The predicted octanol–water partition coefficient (Wildman–Crippen LogP) is 5.11. The molecule has 0 atom stereocenters. The highest BCUT2D eigenvalue weighted by Crippen LogP contribution is 2.25. The first-order valence-electron chi connectivity index (χ1n) is 12.3. The SMILES string of the molecule is O=C(NC1CCN(C(=O)/C=C/c2cn(-c3ccccc3)nc2-c2ccccc2)CC1)c1ccc(F)cc1. The topological polar surface area (TPSA) is 67.2 Å². The van der Waals surface area contributed by atoms with Crippen LogP contribution in [0.4, 0.5) is 4.39 Å². The molecule has 1 fully saturated rings. The molecule has 7 heteroatoms. The minimum absolute atomic E-state index is 0.0284. The van der Waals surface area contributed by atoms with Gasteiger partial charge in [-0.15, -0.1) is 0 Å². The second kappa shape index (κ2) is 11.0. The number of aromatic nitrogens is 2. The Hall–Kier alpha value is -4.52. The van der Waals surface area contributed by atoms with E-state index in [2.05, 4.69) is 5.32 Å². The van der Waals surface area contributed by atoms with Gasteiger partial charge in [0.25, 0.3) is 5.91 Å². The summed E-state index contributed by atoms with van der Waals surface area (Å²) in [7, 11) is 0. The molecule has 4 aromatic rings. The summed E-state index contributed by atoms with van der Waals surface area (Å²) in [6.45, 7) is 1.10. The summed E-state index contributed by atoms with van der Waals surface area (Å²) in [5.74, 6) is -0.678. The first kappa shape index (κ1) is 24.2. The summed E-state index contributed by atoms with van der Waals surface area (Å²) in [5.41, 5.74) is 3.99. The zero-order chi connectivity index (χ0) is 25.6. The molecule has 2 heterocycles. The second-order valence-electron chi connectivity index (χ2n) is 8.99. The third-order valence-corrected chi connectivity index (χ3v) is 6.46. The first-order valence-corrected chi connectivity index (χ1v) is 12.3. The van der Waals surface area contributed by atoms with Gasteiger partial charge in [0.05, 0.1) is 11.4 Å². The van der Waals surface area contributed by atoms with Crippen LogP contribution in [0, 0.1) is 5.82 Å². The molecule has 1 aliphatic heterocycles. The van der Waals surface area contributed by atoms with Crippen molar-refractivity contribution in [1.82, 2.24) is 20.0 Å². The Kier molecular flexibility index (Phi) is 7.21. The summed E-state index contributed by atoms with van der Waals surface area (Å²) in [5, 5.41) is 7.78. The molecule has 2 amide bonds. The number of carbonyl (C=O) groups excluding carboxylic acids is 2.